The highest BCUT2D eigenvalue weighted by Gasteiger charge is 2.34. The summed E-state index contributed by atoms with van der Waals surface area (Å²) in [5.74, 6) is -0.233. The number of anilines is 2. The van der Waals surface area contributed by atoms with Crippen molar-refractivity contribution in [1.29, 1.82) is 0 Å². The van der Waals surface area contributed by atoms with Crippen molar-refractivity contribution in [2.24, 2.45) is 0 Å². The maximum Gasteiger partial charge on any atom is 0.250 e. The lowest BCUT2D eigenvalue weighted by Gasteiger charge is -2.24. The number of nitrogens with zero attached hydrogens (tertiary/aromatic N) is 1. The Bertz CT molecular complexity index is 1040. The third-order valence-electron chi connectivity index (χ3n) is 4.80. The fraction of sp³-hybridized carbons (Fsp3) is 0.167. The van der Waals surface area contributed by atoms with Crippen molar-refractivity contribution in [3.63, 3.8) is 0 Å². The third-order valence-corrected chi connectivity index (χ3v) is 6.01. The quantitative estimate of drug-likeness (QED) is 0.580. The van der Waals surface area contributed by atoms with E-state index in [0.29, 0.717) is 23.7 Å². The second-order valence-corrected chi connectivity index (χ2v) is 8.12. The number of benzene rings is 3. The van der Waals surface area contributed by atoms with Crippen molar-refractivity contribution in [2.45, 2.75) is 12.0 Å². The maximum atomic E-state index is 13.3. The molecule has 1 atom stereocenters. The SMILES string of the molecule is O=C(COCc1ccccc1)Nc1ccc(C2SCC(=O)N2c2ccc(F)cc2)cc1. The zero-order valence-corrected chi connectivity index (χ0v) is 17.5. The van der Waals surface area contributed by atoms with Crippen LogP contribution in [0.25, 0.3) is 0 Å². The molecule has 1 fully saturated rings. The van der Waals surface area contributed by atoms with E-state index < -0.39 is 0 Å². The van der Waals surface area contributed by atoms with Gasteiger partial charge in [-0.15, -0.1) is 11.8 Å². The van der Waals surface area contributed by atoms with Gasteiger partial charge >= 0.3 is 0 Å². The van der Waals surface area contributed by atoms with Crippen molar-refractivity contribution < 1.29 is 18.7 Å². The van der Waals surface area contributed by atoms with Crippen LogP contribution in [0.1, 0.15) is 16.5 Å². The molecule has 1 N–H and O–H groups in total. The normalized spacial score (nSPS) is 15.8. The number of carbonyl (C=O) groups excluding carboxylic acids is 2. The van der Waals surface area contributed by atoms with Gasteiger partial charge in [0.05, 0.1) is 12.4 Å². The van der Waals surface area contributed by atoms with Crippen LogP contribution in [0.5, 0.6) is 0 Å². The molecule has 1 heterocycles. The van der Waals surface area contributed by atoms with E-state index in [-0.39, 0.29) is 29.6 Å². The average Bonchev–Trinajstić information content (AvgIpc) is 3.17. The fourth-order valence-electron chi connectivity index (χ4n) is 3.32. The van der Waals surface area contributed by atoms with E-state index in [9.17, 15) is 14.0 Å². The fourth-order valence-corrected chi connectivity index (χ4v) is 4.49. The maximum absolute atomic E-state index is 13.3. The molecule has 3 aromatic carbocycles. The van der Waals surface area contributed by atoms with Crippen LogP contribution in [0.2, 0.25) is 0 Å². The molecule has 0 saturated carbocycles. The number of hydrogen-bond acceptors (Lipinski definition) is 4. The lowest BCUT2D eigenvalue weighted by atomic mass is 10.1. The molecule has 5 nitrogen and oxygen atoms in total. The van der Waals surface area contributed by atoms with Crippen LogP contribution in [-0.2, 0) is 20.9 Å². The monoisotopic (exact) mass is 436 g/mol. The predicted octanol–water partition coefficient (Wildman–Crippen LogP) is 4.76. The van der Waals surface area contributed by atoms with Crippen molar-refractivity contribution in [3.05, 3.63) is 95.8 Å². The molecule has 1 unspecified atom stereocenters. The molecule has 0 aromatic heterocycles. The van der Waals surface area contributed by atoms with E-state index in [0.717, 1.165) is 11.1 Å². The van der Waals surface area contributed by atoms with Crippen LogP contribution in [0, 0.1) is 5.82 Å². The zero-order valence-electron chi connectivity index (χ0n) is 16.7. The van der Waals surface area contributed by atoms with Crippen LogP contribution in [0.3, 0.4) is 0 Å². The summed E-state index contributed by atoms with van der Waals surface area (Å²) in [5.41, 5.74) is 3.25. The summed E-state index contributed by atoms with van der Waals surface area (Å²) in [7, 11) is 0. The van der Waals surface area contributed by atoms with Gasteiger partial charge in [-0.25, -0.2) is 4.39 Å². The van der Waals surface area contributed by atoms with Crippen LogP contribution < -0.4 is 10.2 Å². The second-order valence-electron chi connectivity index (χ2n) is 7.05. The Morgan fingerprint density at radius 1 is 1.03 bits per heavy atom. The molecule has 7 heteroatoms. The summed E-state index contributed by atoms with van der Waals surface area (Å²) in [6.45, 7) is 0.335. The molecule has 1 saturated heterocycles. The molecular formula is C24H21FN2O3S. The van der Waals surface area contributed by atoms with E-state index in [4.69, 9.17) is 4.74 Å². The summed E-state index contributed by atoms with van der Waals surface area (Å²) in [5, 5.41) is 2.61. The molecule has 1 aliphatic rings. The van der Waals surface area contributed by atoms with Crippen molar-refractivity contribution >= 4 is 35.0 Å². The summed E-state index contributed by atoms with van der Waals surface area (Å²) in [6, 6.07) is 22.9. The van der Waals surface area contributed by atoms with Gasteiger partial charge in [0, 0.05) is 11.4 Å². The van der Waals surface area contributed by atoms with E-state index in [1.165, 1.54) is 23.9 Å². The van der Waals surface area contributed by atoms with Crippen LogP contribution in [-0.4, -0.2) is 24.2 Å². The molecule has 4 rings (SSSR count). The van der Waals surface area contributed by atoms with E-state index in [1.54, 1.807) is 29.2 Å². The molecule has 158 valence electrons. The number of ether oxygens (including phenoxy) is 1. The predicted molar refractivity (Wildman–Crippen MR) is 120 cm³/mol. The average molecular weight is 437 g/mol. The summed E-state index contributed by atoms with van der Waals surface area (Å²) in [4.78, 5) is 26.2. The van der Waals surface area contributed by atoms with Gasteiger partial charge in [-0.2, -0.15) is 0 Å². The van der Waals surface area contributed by atoms with Gasteiger partial charge < -0.3 is 10.1 Å². The topological polar surface area (TPSA) is 58.6 Å². The minimum absolute atomic E-state index is 0.0189. The lowest BCUT2D eigenvalue weighted by molar-refractivity contribution is -0.121. The first kappa shape index (κ1) is 21.1. The van der Waals surface area contributed by atoms with Gasteiger partial charge in [-0.05, 0) is 47.5 Å². The van der Waals surface area contributed by atoms with Crippen LogP contribution in [0.15, 0.2) is 78.9 Å². The summed E-state index contributed by atoms with van der Waals surface area (Å²) < 4.78 is 18.7. The number of amides is 2. The standard InChI is InChI=1S/C24H21FN2O3S/c25-19-8-12-21(13-9-19)27-23(29)16-31-24(27)18-6-10-20(11-7-18)26-22(28)15-30-14-17-4-2-1-3-5-17/h1-13,24H,14-16H2,(H,26,28). The van der Waals surface area contributed by atoms with Gasteiger partial charge in [0.2, 0.25) is 11.8 Å². The van der Waals surface area contributed by atoms with Crippen molar-refractivity contribution in [1.82, 2.24) is 0 Å². The number of nitrogens with one attached hydrogen (secondary N) is 1. The minimum Gasteiger partial charge on any atom is -0.367 e. The number of hydrogen-bond donors (Lipinski definition) is 1. The molecular weight excluding hydrogens is 415 g/mol. The second kappa shape index (κ2) is 9.76. The minimum atomic E-state index is -0.340. The first-order valence-electron chi connectivity index (χ1n) is 9.81. The van der Waals surface area contributed by atoms with Gasteiger partial charge in [0.25, 0.3) is 0 Å². The Balaban J connectivity index is 1.35. The number of rotatable bonds is 7. The van der Waals surface area contributed by atoms with Crippen LogP contribution >= 0.6 is 11.8 Å². The summed E-state index contributed by atoms with van der Waals surface area (Å²) >= 11 is 1.51. The van der Waals surface area contributed by atoms with Gasteiger partial charge in [0.1, 0.15) is 17.8 Å². The number of halogens is 1. The van der Waals surface area contributed by atoms with Crippen LogP contribution in [0.4, 0.5) is 15.8 Å². The zero-order chi connectivity index (χ0) is 21.6. The first-order chi connectivity index (χ1) is 15.1. The highest BCUT2D eigenvalue weighted by atomic mass is 32.2. The van der Waals surface area contributed by atoms with Crippen molar-refractivity contribution in [2.75, 3.05) is 22.6 Å². The van der Waals surface area contributed by atoms with Gasteiger partial charge in [-0.1, -0.05) is 42.5 Å². The molecule has 0 bridgehead atoms. The van der Waals surface area contributed by atoms with Gasteiger partial charge in [-0.3, -0.25) is 14.5 Å². The molecule has 3 aromatic rings. The Hall–Kier alpha value is -3.16. The highest BCUT2D eigenvalue weighted by Crippen LogP contribution is 2.41. The van der Waals surface area contributed by atoms with Gasteiger partial charge in [0.15, 0.2) is 0 Å². The molecule has 2 amide bonds. The van der Waals surface area contributed by atoms with E-state index in [1.807, 2.05) is 42.5 Å². The Morgan fingerprint density at radius 2 is 1.74 bits per heavy atom. The molecule has 1 aliphatic heterocycles. The largest absolute Gasteiger partial charge is 0.367 e. The highest BCUT2D eigenvalue weighted by molar-refractivity contribution is 8.00. The Kier molecular flexibility index (Phi) is 6.64. The molecule has 0 spiro atoms. The number of thioether (sulfide) groups is 1. The lowest BCUT2D eigenvalue weighted by Crippen LogP contribution is -2.27. The summed E-state index contributed by atoms with van der Waals surface area (Å²) in [6.07, 6.45) is 0. The number of carbonyl (C=O) groups is 2. The Morgan fingerprint density at radius 3 is 2.45 bits per heavy atom. The van der Waals surface area contributed by atoms with Crippen molar-refractivity contribution in [3.8, 4) is 0 Å². The molecule has 0 aliphatic carbocycles. The first-order valence-corrected chi connectivity index (χ1v) is 10.9. The Labute approximate surface area is 184 Å². The third kappa shape index (κ3) is 5.31. The smallest absolute Gasteiger partial charge is 0.250 e. The van der Waals surface area contributed by atoms with E-state index in [2.05, 4.69) is 5.32 Å². The molecule has 0 radical (unpaired) electrons. The van der Waals surface area contributed by atoms with E-state index >= 15 is 0 Å². The molecule has 31 heavy (non-hydrogen) atoms.